The molecule has 1 saturated heterocycles. The molecule has 6 nitrogen and oxygen atoms in total. The number of nitrogens with two attached hydrogens (primary N) is 1. The quantitative estimate of drug-likeness (QED) is 0.644. The minimum absolute atomic E-state index is 0.206. The van der Waals surface area contributed by atoms with Gasteiger partial charge >= 0.3 is 0 Å². The van der Waals surface area contributed by atoms with Gasteiger partial charge in [0.2, 0.25) is 0 Å². The van der Waals surface area contributed by atoms with Crippen molar-refractivity contribution in [2.45, 2.75) is 52.7 Å². The molecular weight excluding hydrogens is 254 g/mol. The predicted octanol–water partition coefficient (Wildman–Crippen LogP) is 1.64. The van der Waals surface area contributed by atoms with Crippen molar-refractivity contribution in [3.05, 3.63) is 11.4 Å². The van der Waals surface area contributed by atoms with Gasteiger partial charge in [0.25, 0.3) is 0 Å². The zero-order valence-electron chi connectivity index (χ0n) is 12.8. The van der Waals surface area contributed by atoms with Crippen molar-refractivity contribution in [2.24, 2.45) is 5.84 Å². The van der Waals surface area contributed by atoms with E-state index in [1.54, 1.807) is 0 Å². The van der Waals surface area contributed by atoms with Gasteiger partial charge in [-0.05, 0) is 27.2 Å². The fourth-order valence-electron chi connectivity index (χ4n) is 2.68. The third kappa shape index (κ3) is 3.19. The van der Waals surface area contributed by atoms with Crippen LogP contribution in [0.1, 0.15) is 38.6 Å². The molecule has 0 radical (unpaired) electrons. The molecule has 0 amide bonds. The Bertz CT molecular complexity index is 455. The summed E-state index contributed by atoms with van der Waals surface area (Å²) in [5.41, 5.74) is 3.68. The van der Waals surface area contributed by atoms with Crippen LogP contribution in [0.2, 0.25) is 0 Å². The van der Waals surface area contributed by atoms with Gasteiger partial charge in [-0.3, -0.25) is 0 Å². The molecule has 0 spiro atoms. The number of hydrazine groups is 1. The Balaban J connectivity index is 2.35. The minimum atomic E-state index is 0.206. The molecule has 0 unspecified atom stereocenters. The second-order valence-electron chi connectivity index (χ2n) is 5.49. The molecule has 1 fully saturated rings. The Hall–Kier alpha value is -1.40. The van der Waals surface area contributed by atoms with Crippen molar-refractivity contribution in [2.75, 3.05) is 23.4 Å². The molecule has 1 aliphatic rings. The third-order valence-electron chi connectivity index (χ3n) is 3.50. The van der Waals surface area contributed by atoms with Gasteiger partial charge in [-0.1, -0.05) is 6.92 Å². The van der Waals surface area contributed by atoms with Gasteiger partial charge in [-0.25, -0.2) is 15.8 Å². The second kappa shape index (κ2) is 6.37. The Kier molecular flexibility index (Phi) is 4.77. The topological polar surface area (TPSA) is 76.3 Å². The molecule has 0 aromatic carbocycles. The zero-order valence-corrected chi connectivity index (χ0v) is 12.8. The number of aryl methyl sites for hydroxylation is 1. The molecule has 1 aromatic rings. The van der Waals surface area contributed by atoms with Crippen molar-refractivity contribution in [1.29, 1.82) is 0 Å². The van der Waals surface area contributed by atoms with Crippen LogP contribution in [0.3, 0.4) is 0 Å². The average Bonchev–Trinajstić information content (AvgIpc) is 2.39. The molecule has 1 aliphatic heterocycles. The van der Waals surface area contributed by atoms with Gasteiger partial charge in [0.1, 0.15) is 17.5 Å². The van der Waals surface area contributed by atoms with Crippen LogP contribution in [0.15, 0.2) is 0 Å². The lowest BCUT2D eigenvalue weighted by molar-refractivity contribution is -0.00550. The molecule has 112 valence electrons. The largest absolute Gasteiger partial charge is 0.372 e. The van der Waals surface area contributed by atoms with E-state index < -0.39 is 0 Å². The normalized spacial score (nSPS) is 22.9. The number of morpholine rings is 1. The lowest BCUT2D eigenvalue weighted by Gasteiger charge is -2.37. The number of nitrogens with one attached hydrogen (secondary N) is 1. The highest BCUT2D eigenvalue weighted by Gasteiger charge is 2.25. The smallest absolute Gasteiger partial charge is 0.148 e. The van der Waals surface area contributed by atoms with E-state index in [1.807, 2.05) is 6.92 Å². The number of nitrogens with zero attached hydrogens (tertiary/aromatic N) is 3. The summed E-state index contributed by atoms with van der Waals surface area (Å²) in [6.07, 6.45) is 2.29. The minimum Gasteiger partial charge on any atom is -0.372 e. The van der Waals surface area contributed by atoms with E-state index in [2.05, 4.69) is 36.1 Å². The first-order chi connectivity index (χ1) is 9.55. The molecule has 20 heavy (non-hydrogen) atoms. The lowest BCUT2D eigenvalue weighted by Crippen LogP contribution is -2.46. The van der Waals surface area contributed by atoms with E-state index in [4.69, 9.17) is 15.6 Å². The second-order valence-corrected chi connectivity index (χ2v) is 5.49. The van der Waals surface area contributed by atoms with Gasteiger partial charge in [0.15, 0.2) is 0 Å². The fourth-order valence-corrected chi connectivity index (χ4v) is 2.68. The number of rotatable bonds is 4. The van der Waals surface area contributed by atoms with Gasteiger partial charge in [-0.2, -0.15) is 0 Å². The number of aromatic nitrogens is 2. The van der Waals surface area contributed by atoms with E-state index in [9.17, 15) is 0 Å². The fraction of sp³-hybridized carbons (Fsp3) is 0.714. The summed E-state index contributed by atoms with van der Waals surface area (Å²) < 4.78 is 5.79. The zero-order chi connectivity index (χ0) is 14.7. The number of anilines is 2. The van der Waals surface area contributed by atoms with Crippen molar-refractivity contribution in [3.63, 3.8) is 0 Å². The standard InChI is InChI=1S/C14H25N5O/c1-5-6-12-16-13(18-15)11(4)14(17-12)19-7-9(2)20-10(3)8-19/h9-10H,5-8,15H2,1-4H3,(H,16,17,18)/t9-,10+. The first-order valence-corrected chi connectivity index (χ1v) is 7.29. The number of nitrogen functional groups attached to an aromatic ring is 1. The average molecular weight is 279 g/mol. The molecule has 0 saturated carbocycles. The van der Waals surface area contributed by atoms with Crippen LogP contribution in [0.25, 0.3) is 0 Å². The van der Waals surface area contributed by atoms with Crippen LogP contribution >= 0.6 is 0 Å². The lowest BCUT2D eigenvalue weighted by atomic mass is 10.2. The summed E-state index contributed by atoms with van der Waals surface area (Å²) in [5.74, 6) is 8.11. The molecule has 2 rings (SSSR count). The summed E-state index contributed by atoms with van der Waals surface area (Å²) in [5, 5.41) is 0. The maximum atomic E-state index is 5.79. The number of hydrogen-bond donors (Lipinski definition) is 2. The van der Waals surface area contributed by atoms with Gasteiger partial charge < -0.3 is 15.1 Å². The van der Waals surface area contributed by atoms with E-state index in [0.717, 1.165) is 43.1 Å². The highest BCUT2D eigenvalue weighted by Crippen LogP contribution is 2.26. The Morgan fingerprint density at radius 3 is 2.50 bits per heavy atom. The first kappa shape index (κ1) is 15.0. The van der Waals surface area contributed by atoms with E-state index in [1.165, 1.54) is 0 Å². The highest BCUT2D eigenvalue weighted by atomic mass is 16.5. The SMILES string of the molecule is CCCc1nc(NN)c(C)c(N2C[C@@H](C)O[C@@H](C)C2)n1. The van der Waals surface area contributed by atoms with E-state index in [-0.39, 0.29) is 12.2 Å². The number of hydrogen-bond acceptors (Lipinski definition) is 6. The van der Waals surface area contributed by atoms with Crippen molar-refractivity contribution < 1.29 is 4.74 Å². The summed E-state index contributed by atoms with van der Waals surface area (Å²) in [6, 6.07) is 0. The van der Waals surface area contributed by atoms with Crippen LogP contribution in [-0.2, 0) is 11.2 Å². The maximum absolute atomic E-state index is 5.79. The molecule has 1 aromatic heterocycles. The van der Waals surface area contributed by atoms with Crippen LogP contribution in [0, 0.1) is 6.92 Å². The third-order valence-corrected chi connectivity index (χ3v) is 3.50. The molecule has 0 aliphatic carbocycles. The Morgan fingerprint density at radius 1 is 1.30 bits per heavy atom. The van der Waals surface area contributed by atoms with E-state index in [0.29, 0.717) is 5.82 Å². The molecule has 2 atom stereocenters. The summed E-state index contributed by atoms with van der Waals surface area (Å²) in [7, 11) is 0. The molecule has 3 N–H and O–H groups in total. The summed E-state index contributed by atoms with van der Waals surface area (Å²) in [6.45, 7) is 10.0. The monoisotopic (exact) mass is 279 g/mol. The van der Waals surface area contributed by atoms with Gasteiger partial charge in [0, 0.05) is 25.1 Å². The maximum Gasteiger partial charge on any atom is 0.148 e. The Labute approximate surface area is 120 Å². The molecular formula is C14H25N5O. The summed E-state index contributed by atoms with van der Waals surface area (Å²) >= 11 is 0. The molecule has 6 heteroatoms. The van der Waals surface area contributed by atoms with Gasteiger partial charge in [-0.15, -0.1) is 0 Å². The van der Waals surface area contributed by atoms with Crippen molar-refractivity contribution >= 4 is 11.6 Å². The van der Waals surface area contributed by atoms with Crippen LogP contribution in [-0.4, -0.2) is 35.3 Å². The molecule has 2 heterocycles. The van der Waals surface area contributed by atoms with Crippen LogP contribution < -0.4 is 16.2 Å². The van der Waals surface area contributed by atoms with Crippen LogP contribution in [0.4, 0.5) is 11.6 Å². The predicted molar refractivity (Wildman–Crippen MR) is 80.8 cm³/mol. The number of ether oxygens (including phenoxy) is 1. The summed E-state index contributed by atoms with van der Waals surface area (Å²) in [4.78, 5) is 11.5. The van der Waals surface area contributed by atoms with Crippen molar-refractivity contribution in [1.82, 2.24) is 9.97 Å². The van der Waals surface area contributed by atoms with Crippen LogP contribution in [0.5, 0.6) is 0 Å². The van der Waals surface area contributed by atoms with Crippen molar-refractivity contribution in [3.8, 4) is 0 Å². The first-order valence-electron chi connectivity index (χ1n) is 7.29. The van der Waals surface area contributed by atoms with E-state index >= 15 is 0 Å². The van der Waals surface area contributed by atoms with Gasteiger partial charge in [0.05, 0.1) is 12.2 Å². The highest BCUT2D eigenvalue weighted by molar-refractivity contribution is 5.58. The Morgan fingerprint density at radius 2 is 1.95 bits per heavy atom. The molecule has 0 bridgehead atoms.